The van der Waals surface area contributed by atoms with Gasteiger partial charge in [-0.15, -0.1) is 0 Å². The normalized spacial score (nSPS) is 9.00. The molecule has 7 heteroatoms. The maximum Gasteiger partial charge on any atom is 0.224 e. The summed E-state index contributed by atoms with van der Waals surface area (Å²) in [6.07, 6.45) is 4.64. The third-order valence-corrected chi connectivity index (χ3v) is 2.77. The first-order chi connectivity index (χ1) is 10.8. The number of nitrogens with two attached hydrogens (primary N) is 1. The van der Waals surface area contributed by atoms with Gasteiger partial charge < -0.3 is 15.4 Å². The van der Waals surface area contributed by atoms with Crippen LogP contribution in [0.4, 0.5) is 5.69 Å². The summed E-state index contributed by atoms with van der Waals surface area (Å²) < 4.78 is 0. The molecule has 23 heavy (non-hydrogen) atoms. The summed E-state index contributed by atoms with van der Waals surface area (Å²) in [5, 5.41) is 5.29. The molecule has 0 aliphatic heterocycles. The van der Waals surface area contributed by atoms with Gasteiger partial charge in [0.25, 0.3) is 0 Å². The smallest absolute Gasteiger partial charge is 0.224 e. The van der Waals surface area contributed by atoms with E-state index in [1.54, 1.807) is 6.41 Å². The van der Waals surface area contributed by atoms with Crippen molar-refractivity contribution in [1.29, 1.82) is 0 Å². The quantitative estimate of drug-likeness (QED) is 0.176. The Balaban J connectivity index is 0. The van der Waals surface area contributed by atoms with Gasteiger partial charge in [-0.25, -0.2) is 5.90 Å². The third kappa shape index (κ3) is 11.4. The summed E-state index contributed by atoms with van der Waals surface area (Å²) in [7, 11) is 0. The van der Waals surface area contributed by atoms with E-state index >= 15 is 0 Å². The van der Waals surface area contributed by atoms with Gasteiger partial charge in [0.2, 0.25) is 5.91 Å². The van der Waals surface area contributed by atoms with Crippen LogP contribution in [0.25, 0.3) is 0 Å². The zero-order valence-corrected chi connectivity index (χ0v) is 16.0. The summed E-state index contributed by atoms with van der Waals surface area (Å²) >= 11 is 0. The molecule has 6 nitrogen and oxygen atoms in total. The Labute approximate surface area is 132 Å². The molecule has 0 unspecified atom stereocenters. The van der Waals surface area contributed by atoms with Gasteiger partial charge >= 0.3 is 0 Å². The molecule has 136 valence electrons. The first kappa shape index (κ1) is 22.4. The van der Waals surface area contributed by atoms with Crippen molar-refractivity contribution in [2.24, 2.45) is 5.90 Å². The number of benzene rings is 1. The van der Waals surface area contributed by atoms with Crippen molar-refractivity contribution >= 4 is 18.0 Å². The topological polar surface area (TPSA) is 93.4 Å². The van der Waals surface area contributed by atoms with E-state index in [1.807, 2.05) is 38.1 Å². The second-order valence-corrected chi connectivity index (χ2v) is 4.40. The van der Waals surface area contributed by atoms with Crippen LogP contribution in [0.2, 0.25) is 0 Å². The molecule has 0 fully saturated rings. The molecule has 0 saturated heterocycles. The van der Waals surface area contributed by atoms with Crippen molar-refractivity contribution < 1.29 is 14.4 Å². The van der Waals surface area contributed by atoms with Crippen LogP contribution in [-0.2, 0) is 21.0 Å². The Kier molecular flexibility index (Phi) is 15.0. The molecule has 0 spiro atoms. The SMILES string of the molecule is CC.NOCc1ccc(NC(=O)CCCCCN[C-]=O)cc1.[Fm]. The number of hydrogen-bond donors (Lipinski definition) is 3. The second kappa shape index (κ2) is 15.5. The van der Waals surface area contributed by atoms with Gasteiger partial charge in [0, 0.05) is 12.1 Å². The minimum absolute atomic E-state index is 0. The van der Waals surface area contributed by atoms with E-state index in [2.05, 4.69) is 15.5 Å². The molecule has 4 N–H and O–H groups in total. The summed E-state index contributed by atoms with van der Waals surface area (Å²) in [5.74, 6) is 4.97. The molecule has 2 amide bonds. The summed E-state index contributed by atoms with van der Waals surface area (Å²) in [5.41, 5.74) is 1.71. The van der Waals surface area contributed by atoms with E-state index in [0.717, 1.165) is 30.5 Å². The number of unbranched alkanes of at least 4 members (excludes halogenated alkanes) is 2. The zero-order chi connectivity index (χ0) is 16.6. The maximum atomic E-state index is 11.7. The van der Waals surface area contributed by atoms with Gasteiger partial charge in [0.05, 0.1) is 6.61 Å². The van der Waals surface area contributed by atoms with Crippen LogP contribution in [0.5, 0.6) is 0 Å². The van der Waals surface area contributed by atoms with Crippen molar-refractivity contribution in [3.63, 3.8) is 0 Å². The molecule has 0 radical (unpaired) electrons. The largest absolute Gasteiger partial charge is 0.530 e. The molecule has 0 aliphatic carbocycles. The number of carbonyl (C=O) groups excluding carboxylic acids is 2. The predicted molar refractivity (Wildman–Crippen MR) is 87.6 cm³/mol. The standard InChI is InChI=1S/C14H20N3O3.C2H6.Fm/c15-20-10-12-5-7-13(8-6-12)17-14(19)4-2-1-3-9-16-11-18;1-2;/h5-8H,1-4,9-10,15H2,(H,16,18)(H,17,19);1-2H3;/q-1;;. The summed E-state index contributed by atoms with van der Waals surface area (Å²) in [6, 6.07) is 7.33. The first-order valence-corrected chi connectivity index (χ1v) is 7.56. The van der Waals surface area contributed by atoms with Gasteiger partial charge in [0.15, 0.2) is 0 Å². The number of hydrogen-bond acceptors (Lipinski definition) is 4. The summed E-state index contributed by atoms with van der Waals surface area (Å²) in [6.45, 7) is 4.95. The van der Waals surface area contributed by atoms with Crippen LogP contribution in [0.15, 0.2) is 24.3 Å². The van der Waals surface area contributed by atoms with Crippen LogP contribution in [0, 0.1) is 0 Å². The fourth-order valence-electron chi connectivity index (χ4n) is 1.73. The van der Waals surface area contributed by atoms with E-state index in [-0.39, 0.29) is 5.91 Å². The Morgan fingerprint density at radius 2 is 1.83 bits per heavy atom. The molecular formula is C16H26FmN3O3-. The van der Waals surface area contributed by atoms with Crippen LogP contribution in [0.1, 0.15) is 45.1 Å². The average Bonchev–Trinajstić information content (AvgIpc) is 2.55. The maximum absolute atomic E-state index is 11.7. The Morgan fingerprint density at radius 1 is 1.17 bits per heavy atom. The van der Waals surface area contributed by atoms with Crippen molar-refractivity contribution in [2.75, 3.05) is 11.9 Å². The molecule has 1 aromatic rings. The van der Waals surface area contributed by atoms with Gasteiger partial charge in [0.1, 0.15) is 0 Å². The summed E-state index contributed by atoms with van der Waals surface area (Å²) in [4.78, 5) is 26.1. The predicted octanol–water partition coefficient (Wildman–Crippen LogP) is 2.26. The van der Waals surface area contributed by atoms with Gasteiger partial charge in [-0.3, -0.25) is 9.63 Å². The van der Waals surface area contributed by atoms with E-state index in [9.17, 15) is 9.59 Å². The number of anilines is 1. The molecule has 0 bridgehead atoms. The first-order valence-electron chi connectivity index (χ1n) is 7.56. The molecule has 0 heterocycles. The molecule has 1 rings (SSSR count). The van der Waals surface area contributed by atoms with Gasteiger partial charge in [-0.05, 0) is 37.1 Å². The van der Waals surface area contributed by atoms with Crippen molar-refractivity contribution in [2.45, 2.75) is 46.1 Å². The van der Waals surface area contributed by atoms with Crippen LogP contribution >= 0.6 is 0 Å². The molecular weight excluding hydrogens is 539 g/mol. The zero-order valence-electron chi connectivity index (χ0n) is 13.6. The second-order valence-electron chi connectivity index (χ2n) is 4.40. The number of amides is 2. The van der Waals surface area contributed by atoms with E-state index in [0.29, 0.717) is 19.6 Å². The minimum atomic E-state index is -0.0114. The fourth-order valence-corrected chi connectivity index (χ4v) is 1.73. The Morgan fingerprint density at radius 3 is 2.39 bits per heavy atom. The molecule has 0 atom stereocenters. The monoisotopic (exact) mass is 565 g/mol. The molecule has 0 aromatic heterocycles. The Hall–Kier alpha value is -2.92. The minimum Gasteiger partial charge on any atom is -0.530 e. The number of carbonyl (C=O) groups is 1. The molecule has 1 aromatic carbocycles. The third-order valence-electron chi connectivity index (χ3n) is 2.77. The molecule has 0 saturated carbocycles. The van der Waals surface area contributed by atoms with Crippen LogP contribution < -0.4 is 16.5 Å². The van der Waals surface area contributed by atoms with Crippen molar-refractivity contribution in [1.82, 2.24) is 5.32 Å². The van der Waals surface area contributed by atoms with Crippen molar-refractivity contribution in [3.05, 3.63) is 29.8 Å². The van der Waals surface area contributed by atoms with E-state index < -0.39 is 0 Å². The average molecular weight is 565 g/mol. The van der Waals surface area contributed by atoms with E-state index in [1.165, 1.54) is 0 Å². The van der Waals surface area contributed by atoms with Crippen LogP contribution in [-0.4, -0.2) is 18.9 Å². The van der Waals surface area contributed by atoms with Gasteiger partial charge in [-0.1, -0.05) is 32.4 Å². The Bertz CT molecular complexity index is 414. The fraction of sp³-hybridized carbons (Fsp3) is 0.500. The number of nitrogens with one attached hydrogen (secondary N) is 2. The van der Waals surface area contributed by atoms with Gasteiger partial charge in [-0.2, -0.15) is 6.41 Å². The molecule has 0 aliphatic rings. The van der Waals surface area contributed by atoms with E-state index in [4.69, 9.17) is 5.90 Å². The van der Waals surface area contributed by atoms with Crippen LogP contribution in [0.3, 0.4) is 0 Å². The van der Waals surface area contributed by atoms with Crippen molar-refractivity contribution in [3.8, 4) is 0 Å². The number of rotatable bonds is 10.